The standard InChI is InChI=1S/C20H38O4/c1-15(2)10-11-20(7,12-16(3)4)14-24-19(22)9-8-18(21)23-13-17(5)6/h15-17H,8-14H2,1-7H3. The van der Waals surface area contributed by atoms with E-state index < -0.39 is 0 Å². The van der Waals surface area contributed by atoms with E-state index in [1.54, 1.807) is 0 Å². The quantitative estimate of drug-likeness (QED) is 0.468. The summed E-state index contributed by atoms with van der Waals surface area (Å²) in [7, 11) is 0. The molecule has 0 aromatic carbocycles. The third-order valence-corrected chi connectivity index (χ3v) is 3.92. The van der Waals surface area contributed by atoms with Crippen LogP contribution in [0.4, 0.5) is 0 Å². The van der Waals surface area contributed by atoms with Crippen LogP contribution < -0.4 is 0 Å². The molecule has 0 radical (unpaired) electrons. The molecule has 0 aromatic heterocycles. The van der Waals surface area contributed by atoms with Crippen molar-refractivity contribution in [3.8, 4) is 0 Å². The van der Waals surface area contributed by atoms with Gasteiger partial charge in [0, 0.05) is 5.41 Å². The molecule has 1 unspecified atom stereocenters. The van der Waals surface area contributed by atoms with Crippen LogP contribution in [0.1, 0.15) is 80.6 Å². The number of esters is 2. The monoisotopic (exact) mass is 342 g/mol. The highest BCUT2D eigenvalue weighted by molar-refractivity contribution is 5.77. The summed E-state index contributed by atoms with van der Waals surface area (Å²) < 4.78 is 10.5. The summed E-state index contributed by atoms with van der Waals surface area (Å²) in [5.41, 5.74) is 0.00620. The number of carbonyl (C=O) groups excluding carboxylic acids is 2. The van der Waals surface area contributed by atoms with E-state index in [2.05, 4.69) is 34.6 Å². The molecule has 0 spiro atoms. The molecule has 0 aliphatic carbocycles. The topological polar surface area (TPSA) is 52.6 Å². The van der Waals surface area contributed by atoms with Crippen molar-refractivity contribution in [2.45, 2.75) is 80.6 Å². The van der Waals surface area contributed by atoms with Gasteiger partial charge >= 0.3 is 11.9 Å². The fraction of sp³-hybridized carbons (Fsp3) is 0.900. The van der Waals surface area contributed by atoms with E-state index in [0.717, 1.165) is 19.3 Å². The van der Waals surface area contributed by atoms with Crippen molar-refractivity contribution < 1.29 is 19.1 Å². The molecule has 4 heteroatoms. The van der Waals surface area contributed by atoms with Crippen LogP contribution in [0, 0.1) is 23.2 Å². The van der Waals surface area contributed by atoms with E-state index in [4.69, 9.17) is 9.47 Å². The average Bonchev–Trinajstić information content (AvgIpc) is 2.46. The third kappa shape index (κ3) is 12.4. The number of rotatable bonds is 12. The van der Waals surface area contributed by atoms with E-state index in [1.165, 1.54) is 0 Å². The maximum atomic E-state index is 11.9. The van der Waals surface area contributed by atoms with Gasteiger partial charge in [-0.1, -0.05) is 54.9 Å². The highest BCUT2D eigenvalue weighted by Crippen LogP contribution is 2.33. The van der Waals surface area contributed by atoms with Gasteiger partial charge in [-0.15, -0.1) is 0 Å². The maximum Gasteiger partial charge on any atom is 0.306 e. The van der Waals surface area contributed by atoms with Crippen molar-refractivity contribution in [3.63, 3.8) is 0 Å². The third-order valence-electron chi connectivity index (χ3n) is 3.92. The van der Waals surface area contributed by atoms with Gasteiger partial charge in [0.2, 0.25) is 0 Å². The number of hydrogen-bond donors (Lipinski definition) is 0. The van der Waals surface area contributed by atoms with Gasteiger partial charge in [-0.25, -0.2) is 0 Å². The van der Waals surface area contributed by atoms with E-state index >= 15 is 0 Å². The Morgan fingerprint density at radius 1 is 0.833 bits per heavy atom. The Morgan fingerprint density at radius 3 is 1.83 bits per heavy atom. The molecule has 0 aliphatic rings. The van der Waals surface area contributed by atoms with Gasteiger partial charge < -0.3 is 9.47 Å². The van der Waals surface area contributed by atoms with Crippen LogP contribution >= 0.6 is 0 Å². The van der Waals surface area contributed by atoms with Gasteiger partial charge in [-0.2, -0.15) is 0 Å². The SMILES string of the molecule is CC(C)CCC(C)(COC(=O)CCC(=O)OCC(C)C)CC(C)C. The van der Waals surface area contributed by atoms with Gasteiger partial charge in [0.1, 0.15) is 0 Å². The Bertz CT molecular complexity index is 374. The summed E-state index contributed by atoms with van der Waals surface area (Å²) >= 11 is 0. The fourth-order valence-electron chi connectivity index (χ4n) is 2.72. The lowest BCUT2D eigenvalue weighted by atomic mass is 9.77. The van der Waals surface area contributed by atoms with E-state index in [-0.39, 0.29) is 30.2 Å². The molecule has 0 heterocycles. The molecule has 0 rings (SSSR count). The van der Waals surface area contributed by atoms with Gasteiger partial charge in [-0.3, -0.25) is 9.59 Å². The molecule has 0 bridgehead atoms. The lowest BCUT2D eigenvalue weighted by Crippen LogP contribution is -2.28. The first-order valence-corrected chi connectivity index (χ1v) is 9.35. The smallest absolute Gasteiger partial charge is 0.306 e. The zero-order chi connectivity index (χ0) is 18.8. The lowest BCUT2D eigenvalue weighted by Gasteiger charge is -2.31. The normalized spacial score (nSPS) is 14.1. The molecule has 0 fully saturated rings. The minimum Gasteiger partial charge on any atom is -0.465 e. The first-order chi connectivity index (χ1) is 11.0. The van der Waals surface area contributed by atoms with Crippen LogP contribution in [0.2, 0.25) is 0 Å². The molecule has 0 aliphatic heterocycles. The first kappa shape index (κ1) is 22.9. The maximum absolute atomic E-state index is 11.9. The molecule has 4 nitrogen and oxygen atoms in total. The van der Waals surface area contributed by atoms with Crippen molar-refractivity contribution in [2.24, 2.45) is 23.2 Å². The minimum absolute atomic E-state index is 0.00620. The van der Waals surface area contributed by atoms with Crippen molar-refractivity contribution in [2.75, 3.05) is 13.2 Å². The van der Waals surface area contributed by atoms with Crippen LogP contribution in [-0.2, 0) is 19.1 Å². The van der Waals surface area contributed by atoms with Crippen LogP contribution in [0.15, 0.2) is 0 Å². The van der Waals surface area contributed by atoms with Crippen LogP contribution in [0.25, 0.3) is 0 Å². The Hall–Kier alpha value is -1.06. The second-order valence-electron chi connectivity index (χ2n) is 8.58. The van der Waals surface area contributed by atoms with E-state index in [0.29, 0.717) is 31.0 Å². The minimum atomic E-state index is -0.328. The predicted molar refractivity (Wildman–Crippen MR) is 97.6 cm³/mol. The first-order valence-electron chi connectivity index (χ1n) is 9.35. The molecule has 0 N–H and O–H groups in total. The highest BCUT2D eigenvalue weighted by atomic mass is 16.5. The van der Waals surface area contributed by atoms with Crippen LogP contribution in [0.3, 0.4) is 0 Å². The van der Waals surface area contributed by atoms with Gasteiger partial charge in [-0.05, 0) is 30.6 Å². The number of hydrogen-bond acceptors (Lipinski definition) is 4. The van der Waals surface area contributed by atoms with Crippen LogP contribution in [-0.4, -0.2) is 25.2 Å². The molecule has 1 atom stereocenters. The number of ether oxygens (including phenoxy) is 2. The summed E-state index contributed by atoms with van der Waals surface area (Å²) in [5.74, 6) is 0.870. The molecular weight excluding hydrogens is 304 g/mol. The molecule has 24 heavy (non-hydrogen) atoms. The van der Waals surface area contributed by atoms with Crippen molar-refractivity contribution in [3.05, 3.63) is 0 Å². The lowest BCUT2D eigenvalue weighted by molar-refractivity contribution is -0.153. The van der Waals surface area contributed by atoms with Gasteiger partial charge in [0.15, 0.2) is 0 Å². The number of carbonyl (C=O) groups is 2. The largest absolute Gasteiger partial charge is 0.465 e. The summed E-state index contributed by atoms with van der Waals surface area (Å²) in [6.45, 7) is 15.8. The summed E-state index contributed by atoms with van der Waals surface area (Å²) in [5, 5.41) is 0. The van der Waals surface area contributed by atoms with Gasteiger partial charge in [0.05, 0.1) is 26.1 Å². The highest BCUT2D eigenvalue weighted by Gasteiger charge is 2.27. The molecule has 142 valence electrons. The zero-order valence-corrected chi connectivity index (χ0v) is 16.8. The van der Waals surface area contributed by atoms with Crippen molar-refractivity contribution in [1.82, 2.24) is 0 Å². The second kappa shape index (κ2) is 11.5. The Morgan fingerprint density at radius 2 is 1.38 bits per heavy atom. The molecule has 0 saturated carbocycles. The molecule has 0 amide bonds. The average molecular weight is 343 g/mol. The molecular formula is C20H38O4. The summed E-state index contributed by atoms with van der Waals surface area (Å²) in [6.07, 6.45) is 3.40. The van der Waals surface area contributed by atoms with Crippen molar-refractivity contribution >= 4 is 11.9 Å². The van der Waals surface area contributed by atoms with E-state index in [1.807, 2.05) is 13.8 Å². The summed E-state index contributed by atoms with van der Waals surface area (Å²) in [6, 6.07) is 0. The Labute approximate surface area is 148 Å². The van der Waals surface area contributed by atoms with Gasteiger partial charge in [0.25, 0.3) is 0 Å². The Kier molecular flexibility index (Phi) is 11.0. The van der Waals surface area contributed by atoms with Crippen molar-refractivity contribution in [1.29, 1.82) is 0 Å². The molecule has 0 saturated heterocycles. The Balaban J connectivity index is 4.27. The second-order valence-corrected chi connectivity index (χ2v) is 8.58. The van der Waals surface area contributed by atoms with E-state index in [9.17, 15) is 9.59 Å². The van der Waals surface area contributed by atoms with Crippen LogP contribution in [0.5, 0.6) is 0 Å². The molecule has 0 aromatic rings. The predicted octanol–water partition coefficient (Wildman–Crippen LogP) is 5.00. The fourth-order valence-corrected chi connectivity index (χ4v) is 2.72. The zero-order valence-electron chi connectivity index (χ0n) is 16.8. The summed E-state index contributed by atoms with van der Waals surface area (Å²) in [4.78, 5) is 23.5.